The smallest absolute Gasteiger partial charge is 0.128 e. The third kappa shape index (κ3) is 3.32. The van der Waals surface area contributed by atoms with Crippen molar-refractivity contribution in [3.8, 4) is 0 Å². The zero-order valence-corrected chi connectivity index (χ0v) is 12.9. The molecule has 3 rings (SSSR count). The van der Waals surface area contributed by atoms with Crippen LogP contribution in [0.4, 0.5) is 5.82 Å². The average Bonchev–Trinajstić information content (AvgIpc) is 3.30. The average molecular weight is 273 g/mol. The lowest BCUT2D eigenvalue weighted by Crippen LogP contribution is -2.34. The predicted molar refractivity (Wildman–Crippen MR) is 84.1 cm³/mol. The van der Waals surface area contributed by atoms with Gasteiger partial charge in [0.05, 0.1) is 0 Å². The Morgan fingerprint density at radius 1 is 1.20 bits per heavy atom. The van der Waals surface area contributed by atoms with Gasteiger partial charge in [-0.1, -0.05) is 19.4 Å². The van der Waals surface area contributed by atoms with Crippen LogP contribution in [0.5, 0.6) is 0 Å². The van der Waals surface area contributed by atoms with Crippen LogP contribution in [0.15, 0.2) is 12.1 Å². The third-order valence-corrected chi connectivity index (χ3v) is 4.85. The van der Waals surface area contributed by atoms with Crippen molar-refractivity contribution in [2.75, 3.05) is 18.0 Å². The maximum atomic E-state index is 4.83. The van der Waals surface area contributed by atoms with Crippen LogP contribution < -0.4 is 10.2 Å². The summed E-state index contributed by atoms with van der Waals surface area (Å²) in [5.41, 5.74) is 2.54. The van der Waals surface area contributed by atoms with E-state index in [1.807, 2.05) is 0 Å². The molecule has 0 atom stereocenters. The minimum atomic E-state index is 0.766. The quantitative estimate of drug-likeness (QED) is 0.892. The number of aromatic nitrogens is 1. The van der Waals surface area contributed by atoms with Gasteiger partial charge in [0, 0.05) is 31.4 Å². The van der Waals surface area contributed by atoms with E-state index in [0.29, 0.717) is 0 Å². The summed E-state index contributed by atoms with van der Waals surface area (Å²) in [6.07, 6.45) is 6.66. The molecule has 20 heavy (non-hydrogen) atoms. The van der Waals surface area contributed by atoms with Crippen LogP contribution in [-0.4, -0.2) is 24.1 Å². The number of piperidine rings is 1. The second-order valence-electron chi connectivity index (χ2n) is 6.41. The molecule has 1 N–H and O–H groups in total. The molecule has 0 bridgehead atoms. The highest BCUT2D eigenvalue weighted by Crippen LogP contribution is 2.25. The SMILES string of the molecule is CCC1CCN(c2ccc(CNC3CC3)c(C)n2)CC1. The Hall–Kier alpha value is -1.09. The molecule has 3 nitrogen and oxygen atoms in total. The first-order valence-corrected chi connectivity index (χ1v) is 8.21. The Labute approximate surface area is 122 Å². The van der Waals surface area contributed by atoms with Gasteiger partial charge in [-0.25, -0.2) is 4.98 Å². The lowest BCUT2D eigenvalue weighted by atomic mass is 9.94. The molecule has 1 saturated heterocycles. The lowest BCUT2D eigenvalue weighted by Gasteiger charge is -2.32. The number of pyridine rings is 1. The van der Waals surface area contributed by atoms with Crippen molar-refractivity contribution in [1.29, 1.82) is 0 Å². The molecule has 0 spiro atoms. The first-order valence-electron chi connectivity index (χ1n) is 8.21. The molecular weight excluding hydrogens is 246 g/mol. The minimum Gasteiger partial charge on any atom is -0.357 e. The minimum absolute atomic E-state index is 0.766. The first-order chi connectivity index (χ1) is 9.76. The molecule has 110 valence electrons. The summed E-state index contributed by atoms with van der Waals surface area (Å²) in [7, 11) is 0. The van der Waals surface area contributed by atoms with E-state index in [2.05, 4.69) is 36.2 Å². The summed E-state index contributed by atoms with van der Waals surface area (Å²) >= 11 is 0. The van der Waals surface area contributed by atoms with Gasteiger partial charge in [-0.3, -0.25) is 0 Å². The highest BCUT2D eigenvalue weighted by Gasteiger charge is 2.21. The van der Waals surface area contributed by atoms with Gasteiger partial charge in [-0.15, -0.1) is 0 Å². The summed E-state index contributed by atoms with van der Waals surface area (Å²) < 4.78 is 0. The number of hydrogen-bond acceptors (Lipinski definition) is 3. The molecule has 0 aromatic carbocycles. The Morgan fingerprint density at radius 3 is 2.55 bits per heavy atom. The molecule has 3 heteroatoms. The van der Waals surface area contributed by atoms with Gasteiger partial charge in [-0.05, 0) is 50.2 Å². The van der Waals surface area contributed by atoms with E-state index in [-0.39, 0.29) is 0 Å². The molecular formula is C17H27N3. The van der Waals surface area contributed by atoms with E-state index in [1.165, 1.54) is 62.3 Å². The van der Waals surface area contributed by atoms with Crippen molar-refractivity contribution < 1.29 is 0 Å². The molecule has 0 radical (unpaired) electrons. The van der Waals surface area contributed by atoms with E-state index < -0.39 is 0 Å². The van der Waals surface area contributed by atoms with Gasteiger partial charge in [0.15, 0.2) is 0 Å². The third-order valence-electron chi connectivity index (χ3n) is 4.85. The highest BCUT2D eigenvalue weighted by atomic mass is 15.2. The van der Waals surface area contributed by atoms with Gasteiger partial charge in [0.25, 0.3) is 0 Å². The van der Waals surface area contributed by atoms with Crippen LogP contribution in [0.25, 0.3) is 0 Å². The molecule has 2 heterocycles. The topological polar surface area (TPSA) is 28.2 Å². The van der Waals surface area contributed by atoms with Gasteiger partial charge < -0.3 is 10.2 Å². The molecule has 1 aliphatic heterocycles. The predicted octanol–water partition coefficient (Wildman–Crippen LogP) is 3.27. The van der Waals surface area contributed by atoms with Crippen LogP contribution in [0.3, 0.4) is 0 Å². The van der Waals surface area contributed by atoms with Crippen molar-refractivity contribution >= 4 is 5.82 Å². The number of nitrogens with zero attached hydrogens (tertiary/aromatic N) is 2. The van der Waals surface area contributed by atoms with E-state index in [9.17, 15) is 0 Å². The largest absolute Gasteiger partial charge is 0.357 e. The van der Waals surface area contributed by atoms with Gasteiger partial charge in [-0.2, -0.15) is 0 Å². The van der Waals surface area contributed by atoms with E-state index >= 15 is 0 Å². The normalized spacial score (nSPS) is 20.4. The molecule has 2 aliphatic rings. The Kier molecular flexibility index (Phi) is 4.25. The zero-order valence-electron chi connectivity index (χ0n) is 12.9. The van der Waals surface area contributed by atoms with Crippen LogP contribution in [0.1, 0.15) is 50.3 Å². The monoisotopic (exact) mass is 273 g/mol. The van der Waals surface area contributed by atoms with E-state index in [0.717, 1.165) is 18.5 Å². The van der Waals surface area contributed by atoms with Crippen LogP contribution in [-0.2, 0) is 6.54 Å². The lowest BCUT2D eigenvalue weighted by molar-refractivity contribution is 0.393. The van der Waals surface area contributed by atoms with Crippen LogP contribution in [0.2, 0.25) is 0 Å². The first kappa shape index (κ1) is 13.9. The van der Waals surface area contributed by atoms with E-state index in [1.54, 1.807) is 0 Å². The highest BCUT2D eigenvalue weighted by molar-refractivity contribution is 5.42. The number of rotatable bonds is 5. The Morgan fingerprint density at radius 2 is 1.95 bits per heavy atom. The molecule has 0 unspecified atom stereocenters. The van der Waals surface area contributed by atoms with Gasteiger partial charge in [0.2, 0.25) is 0 Å². The van der Waals surface area contributed by atoms with Gasteiger partial charge in [0.1, 0.15) is 5.82 Å². The van der Waals surface area contributed by atoms with Crippen LogP contribution >= 0.6 is 0 Å². The standard InChI is InChI=1S/C17H27N3/c1-3-14-8-10-20(11-9-14)17-7-4-15(13(2)19-17)12-18-16-5-6-16/h4,7,14,16,18H,3,5-6,8-12H2,1-2H3. The van der Waals surface area contributed by atoms with Gasteiger partial charge >= 0.3 is 0 Å². The summed E-state index contributed by atoms with van der Waals surface area (Å²) in [5.74, 6) is 2.10. The number of aryl methyl sites for hydroxylation is 1. The molecule has 0 amide bonds. The van der Waals surface area contributed by atoms with Crippen molar-refractivity contribution in [3.05, 3.63) is 23.4 Å². The summed E-state index contributed by atoms with van der Waals surface area (Å²) in [4.78, 5) is 7.29. The van der Waals surface area contributed by atoms with Crippen LogP contribution in [0, 0.1) is 12.8 Å². The number of anilines is 1. The second-order valence-corrected chi connectivity index (χ2v) is 6.41. The molecule has 1 aliphatic carbocycles. The summed E-state index contributed by atoms with van der Waals surface area (Å²) in [5, 5.41) is 3.57. The summed E-state index contributed by atoms with van der Waals surface area (Å²) in [6.45, 7) is 7.77. The maximum Gasteiger partial charge on any atom is 0.128 e. The van der Waals surface area contributed by atoms with Crippen molar-refractivity contribution in [2.45, 2.75) is 58.5 Å². The molecule has 1 saturated carbocycles. The van der Waals surface area contributed by atoms with Crippen molar-refractivity contribution in [2.24, 2.45) is 5.92 Å². The molecule has 1 aromatic rings. The fourth-order valence-corrected chi connectivity index (χ4v) is 3.05. The number of hydrogen-bond donors (Lipinski definition) is 1. The van der Waals surface area contributed by atoms with Crippen molar-refractivity contribution in [3.63, 3.8) is 0 Å². The second kappa shape index (κ2) is 6.13. The Balaban J connectivity index is 1.60. The zero-order chi connectivity index (χ0) is 13.9. The number of nitrogens with one attached hydrogen (secondary N) is 1. The Bertz CT molecular complexity index is 446. The molecule has 2 fully saturated rings. The fraction of sp³-hybridized carbons (Fsp3) is 0.706. The summed E-state index contributed by atoms with van der Waals surface area (Å²) in [6, 6.07) is 5.24. The van der Waals surface area contributed by atoms with E-state index in [4.69, 9.17) is 4.98 Å². The molecule has 1 aromatic heterocycles. The van der Waals surface area contributed by atoms with Crippen molar-refractivity contribution in [1.82, 2.24) is 10.3 Å². The fourth-order valence-electron chi connectivity index (χ4n) is 3.05. The maximum absolute atomic E-state index is 4.83.